The normalized spacial score (nSPS) is 17.0. The smallest absolute Gasteiger partial charge is 0.367 e. The molecule has 1 atom stereocenters. The molecular weight excluding hydrogens is 369 g/mol. The van der Waals surface area contributed by atoms with E-state index in [1.165, 1.54) is 25.9 Å². The molecule has 1 unspecified atom stereocenters. The lowest BCUT2D eigenvalue weighted by atomic mass is 10.1. The second-order valence-corrected chi connectivity index (χ2v) is 7.04. The topological polar surface area (TPSA) is 48.9 Å². The number of hydrogen-bond acceptors (Lipinski definition) is 3. The summed E-state index contributed by atoms with van der Waals surface area (Å²) in [6, 6.07) is 7.84. The summed E-state index contributed by atoms with van der Waals surface area (Å²) in [6.45, 7) is 4.71. The van der Waals surface area contributed by atoms with E-state index in [4.69, 9.17) is 0 Å². The fourth-order valence-electron chi connectivity index (χ4n) is 3.30. The fourth-order valence-corrected chi connectivity index (χ4v) is 3.30. The monoisotopic (exact) mass is 400 g/mol. The first-order chi connectivity index (χ1) is 13.4. The van der Waals surface area contributed by atoms with Crippen molar-refractivity contribution in [2.45, 2.75) is 51.6 Å². The van der Waals surface area contributed by atoms with Gasteiger partial charge in [0.25, 0.3) is 0 Å². The zero-order valence-electron chi connectivity index (χ0n) is 16.7. The van der Waals surface area contributed by atoms with Gasteiger partial charge in [0.15, 0.2) is 5.96 Å². The summed E-state index contributed by atoms with van der Waals surface area (Å²) in [5.74, 6) is 0.746. The van der Waals surface area contributed by atoms with Crippen molar-refractivity contribution in [1.29, 1.82) is 0 Å². The Kier molecular flexibility index (Phi) is 9.05. The van der Waals surface area contributed by atoms with Crippen LogP contribution in [0, 0.1) is 0 Å². The summed E-state index contributed by atoms with van der Waals surface area (Å²) in [5.41, 5.74) is 1.74. The number of aliphatic imine (C=N–C) groups is 1. The number of likely N-dealkylation sites (tertiary alicyclic amines) is 1. The van der Waals surface area contributed by atoms with E-state index in [1.54, 1.807) is 19.2 Å². The van der Waals surface area contributed by atoms with Gasteiger partial charge >= 0.3 is 6.18 Å². The van der Waals surface area contributed by atoms with Gasteiger partial charge < -0.3 is 15.4 Å². The average Bonchev–Trinajstić information content (AvgIpc) is 3.19. The third kappa shape index (κ3) is 8.06. The van der Waals surface area contributed by atoms with Crippen LogP contribution >= 0.6 is 0 Å². The molecule has 0 saturated carbocycles. The van der Waals surface area contributed by atoms with Gasteiger partial charge in [-0.05, 0) is 43.5 Å². The number of ether oxygens (including phenoxy) is 1. The number of alkyl halides is 3. The van der Waals surface area contributed by atoms with Gasteiger partial charge in [-0.2, -0.15) is 13.2 Å². The molecule has 1 aliphatic rings. The van der Waals surface area contributed by atoms with E-state index >= 15 is 0 Å². The highest BCUT2D eigenvalue weighted by Gasteiger charge is 2.27. The lowest BCUT2D eigenvalue weighted by Crippen LogP contribution is -2.46. The number of rotatable bonds is 9. The summed E-state index contributed by atoms with van der Waals surface area (Å²) >= 11 is 0. The minimum Gasteiger partial charge on any atom is -0.367 e. The van der Waals surface area contributed by atoms with Crippen LogP contribution in [0.25, 0.3) is 0 Å². The molecule has 1 aromatic rings. The Morgan fingerprint density at radius 3 is 2.36 bits per heavy atom. The summed E-state index contributed by atoms with van der Waals surface area (Å²) in [7, 11) is 1.74. The first kappa shape index (κ1) is 22.5. The minimum absolute atomic E-state index is 0.0502. The van der Waals surface area contributed by atoms with Gasteiger partial charge in [-0.3, -0.25) is 9.89 Å². The molecule has 1 heterocycles. The van der Waals surface area contributed by atoms with E-state index in [-0.39, 0.29) is 6.61 Å². The Hall–Kier alpha value is -1.80. The van der Waals surface area contributed by atoms with Gasteiger partial charge in [0.05, 0.1) is 6.61 Å². The molecule has 1 aliphatic heterocycles. The van der Waals surface area contributed by atoms with Gasteiger partial charge in [-0.15, -0.1) is 0 Å². The van der Waals surface area contributed by atoms with Crippen LogP contribution in [0.4, 0.5) is 13.2 Å². The van der Waals surface area contributed by atoms with Crippen molar-refractivity contribution >= 4 is 5.96 Å². The number of benzene rings is 1. The van der Waals surface area contributed by atoms with E-state index in [0.717, 1.165) is 24.5 Å². The van der Waals surface area contributed by atoms with Gasteiger partial charge in [0, 0.05) is 26.2 Å². The molecule has 28 heavy (non-hydrogen) atoms. The summed E-state index contributed by atoms with van der Waals surface area (Å²) in [5, 5.41) is 6.67. The molecule has 5 nitrogen and oxygen atoms in total. The standard InChI is InChI=1S/C20H31F3N4O/c1-3-18(27-10-4-5-11-27)13-26-19(24-2)25-12-16-6-8-17(9-7-16)14-28-15-20(21,22)23/h6-9,18H,3-5,10-15H2,1-2H3,(H2,24,25,26). The van der Waals surface area contributed by atoms with Crippen molar-refractivity contribution in [2.24, 2.45) is 4.99 Å². The van der Waals surface area contributed by atoms with Crippen molar-refractivity contribution in [3.8, 4) is 0 Å². The molecule has 1 fully saturated rings. The van der Waals surface area contributed by atoms with Crippen molar-refractivity contribution in [3.05, 3.63) is 35.4 Å². The number of nitrogens with zero attached hydrogens (tertiary/aromatic N) is 2. The van der Waals surface area contributed by atoms with Crippen LogP contribution < -0.4 is 10.6 Å². The van der Waals surface area contributed by atoms with Crippen LogP contribution in [0.15, 0.2) is 29.3 Å². The molecule has 0 bridgehead atoms. The molecule has 158 valence electrons. The SMILES string of the molecule is CCC(CNC(=NC)NCc1ccc(COCC(F)(F)F)cc1)N1CCCC1. The van der Waals surface area contributed by atoms with E-state index in [1.807, 2.05) is 12.1 Å². The average molecular weight is 400 g/mol. The zero-order valence-corrected chi connectivity index (χ0v) is 16.7. The zero-order chi connectivity index (χ0) is 20.4. The van der Waals surface area contributed by atoms with Gasteiger partial charge in [-0.25, -0.2) is 0 Å². The molecule has 0 radical (unpaired) electrons. The van der Waals surface area contributed by atoms with Crippen LogP contribution in [-0.2, 0) is 17.9 Å². The third-order valence-electron chi connectivity index (χ3n) is 4.87. The maximum Gasteiger partial charge on any atom is 0.411 e. The molecule has 1 saturated heterocycles. The highest BCUT2D eigenvalue weighted by Crippen LogP contribution is 2.16. The predicted octanol–water partition coefficient (Wildman–Crippen LogP) is 3.30. The van der Waals surface area contributed by atoms with Gasteiger partial charge in [0.2, 0.25) is 0 Å². The first-order valence-corrected chi connectivity index (χ1v) is 9.82. The number of guanidine groups is 1. The molecule has 0 aliphatic carbocycles. The second kappa shape index (κ2) is 11.3. The molecule has 2 N–H and O–H groups in total. The highest BCUT2D eigenvalue weighted by atomic mass is 19.4. The highest BCUT2D eigenvalue weighted by molar-refractivity contribution is 5.79. The van der Waals surface area contributed by atoms with E-state index < -0.39 is 12.8 Å². The van der Waals surface area contributed by atoms with E-state index in [2.05, 4.69) is 32.2 Å². The van der Waals surface area contributed by atoms with Crippen molar-refractivity contribution in [1.82, 2.24) is 15.5 Å². The molecular formula is C20H31F3N4O. The minimum atomic E-state index is -4.29. The Labute approximate surface area is 165 Å². The maximum atomic E-state index is 12.1. The first-order valence-electron chi connectivity index (χ1n) is 9.82. The molecule has 8 heteroatoms. The van der Waals surface area contributed by atoms with Crippen LogP contribution in [-0.4, -0.2) is 56.4 Å². The maximum absolute atomic E-state index is 12.1. The van der Waals surface area contributed by atoms with E-state index in [0.29, 0.717) is 18.2 Å². The van der Waals surface area contributed by atoms with Crippen LogP contribution in [0.5, 0.6) is 0 Å². The summed E-state index contributed by atoms with van der Waals surface area (Å²) in [4.78, 5) is 6.79. The Morgan fingerprint density at radius 1 is 1.14 bits per heavy atom. The van der Waals surface area contributed by atoms with Crippen molar-refractivity contribution < 1.29 is 17.9 Å². The molecule has 0 amide bonds. The van der Waals surface area contributed by atoms with Crippen molar-refractivity contribution in [3.63, 3.8) is 0 Å². The second-order valence-electron chi connectivity index (χ2n) is 7.04. The van der Waals surface area contributed by atoms with Gasteiger partial charge in [-0.1, -0.05) is 31.2 Å². The largest absolute Gasteiger partial charge is 0.411 e. The molecule has 1 aromatic carbocycles. The summed E-state index contributed by atoms with van der Waals surface area (Å²) in [6.07, 6.45) is -0.637. The van der Waals surface area contributed by atoms with Gasteiger partial charge in [0.1, 0.15) is 6.61 Å². The fraction of sp³-hybridized carbons (Fsp3) is 0.650. The molecule has 2 rings (SSSR count). The summed E-state index contributed by atoms with van der Waals surface area (Å²) < 4.78 is 41.0. The van der Waals surface area contributed by atoms with Crippen molar-refractivity contribution in [2.75, 3.05) is 33.3 Å². The number of hydrogen-bond donors (Lipinski definition) is 2. The number of nitrogens with one attached hydrogen (secondary N) is 2. The number of halogens is 3. The predicted molar refractivity (Wildman–Crippen MR) is 105 cm³/mol. The quantitative estimate of drug-likeness (QED) is 0.493. The lowest BCUT2D eigenvalue weighted by molar-refractivity contribution is -0.176. The Bertz CT molecular complexity index is 598. The molecule has 0 spiro atoms. The third-order valence-corrected chi connectivity index (χ3v) is 4.87. The van der Waals surface area contributed by atoms with Crippen LogP contribution in [0.1, 0.15) is 37.3 Å². The lowest BCUT2D eigenvalue weighted by Gasteiger charge is -2.27. The Morgan fingerprint density at radius 2 is 1.79 bits per heavy atom. The Balaban J connectivity index is 1.73. The van der Waals surface area contributed by atoms with Crippen LogP contribution in [0.2, 0.25) is 0 Å². The molecule has 0 aromatic heterocycles. The van der Waals surface area contributed by atoms with Crippen LogP contribution in [0.3, 0.4) is 0 Å². The van der Waals surface area contributed by atoms with E-state index in [9.17, 15) is 13.2 Å².